The number of aromatic nitrogens is 1. The van der Waals surface area contributed by atoms with Crippen LogP contribution in [0.25, 0.3) is 17.3 Å². The minimum atomic E-state index is -2.80. The Hall–Kier alpha value is -4.42. The number of carbonyl (C=O) groups is 1. The first-order chi connectivity index (χ1) is 20.5. The zero-order valence-corrected chi connectivity index (χ0v) is 23.1. The fourth-order valence-corrected chi connectivity index (χ4v) is 4.62. The average molecular weight is 609 g/mol. The highest BCUT2D eigenvalue weighted by molar-refractivity contribution is 5.96. The van der Waals surface area contributed by atoms with E-state index in [1.54, 1.807) is 6.92 Å². The van der Waals surface area contributed by atoms with Gasteiger partial charge in [0.1, 0.15) is 49.6 Å². The van der Waals surface area contributed by atoms with Gasteiger partial charge in [0.25, 0.3) is 12.3 Å². The van der Waals surface area contributed by atoms with Crippen LogP contribution in [0.4, 0.5) is 32.0 Å². The summed E-state index contributed by atoms with van der Waals surface area (Å²) in [7, 11) is 0. The number of ether oxygens (including phenoxy) is 2. The molecule has 3 aromatic rings. The zero-order valence-electron chi connectivity index (χ0n) is 23.1. The minimum Gasteiger partial charge on any atom is -0.490 e. The molecule has 1 atom stereocenters. The number of hydrogen-bond acceptors (Lipinski definition) is 6. The van der Waals surface area contributed by atoms with Gasteiger partial charge >= 0.3 is 0 Å². The maximum absolute atomic E-state index is 14.4. The van der Waals surface area contributed by atoms with E-state index in [9.17, 15) is 31.1 Å². The van der Waals surface area contributed by atoms with Crippen LogP contribution in [0, 0.1) is 5.82 Å². The number of allylic oxidation sites excluding steroid dienone is 1. The number of benzene rings is 2. The molecule has 0 bridgehead atoms. The molecule has 4 rings (SSSR count). The first-order valence-corrected chi connectivity index (χ1v) is 13.2. The highest BCUT2D eigenvalue weighted by Crippen LogP contribution is 2.46. The number of nitrogens with one attached hydrogen (secondary N) is 1. The summed E-state index contributed by atoms with van der Waals surface area (Å²) in [4.78, 5) is 17.6. The van der Waals surface area contributed by atoms with E-state index < -0.39 is 56.1 Å². The lowest BCUT2D eigenvalue weighted by atomic mass is 9.83. The van der Waals surface area contributed by atoms with Crippen LogP contribution in [0.5, 0.6) is 11.5 Å². The lowest BCUT2D eigenvalue weighted by Gasteiger charge is -2.22. The SMILES string of the molecule is C/C(N)=C/c1cc(C(=O)NCC(CF)c2cc3c(c(-c4ccc(F)cc4)n2)OCC3(CF)CF)cc(OCC(F)F)c1N. The quantitative estimate of drug-likeness (QED) is 0.185. The Morgan fingerprint density at radius 1 is 1.16 bits per heavy atom. The summed E-state index contributed by atoms with van der Waals surface area (Å²) in [6, 6.07) is 9.08. The molecule has 1 unspecified atom stereocenters. The van der Waals surface area contributed by atoms with Crippen LogP contribution in [0.3, 0.4) is 0 Å². The molecule has 1 amide bonds. The first-order valence-electron chi connectivity index (χ1n) is 13.2. The van der Waals surface area contributed by atoms with Crippen molar-refractivity contribution in [3.63, 3.8) is 0 Å². The molecule has 1 aromatic heterocycles. The number of nitrogens with two attached hydrogens (primary N) is 2. The van der Waals surface area contributed by atoms with Crippen LogP contribution in [-0.2, 0) is 5.41 Å². The highest BCUT2D eigenvalue weighted by Gasteiger charge is 2.44. The Bertz CT molecular complexity index is 1490. The van der Waals surface area contributed by atoms with Crippen LogP contribution in [0.1, 0.15) is 40.0 Å². The predicted molar refractivity (Wildman–Crippen MR) is 150 cm³/mol. The monoisotopic (exact) mass is 608 g/mol. The lowest BCUT2D eigenvalue weighted by Crippen LogP contribution is -2.33. The minimum absolute atomic E-state index is 0.00859. The molecule has 0 spiro atoms. The number of hydrogen-bond donors (Lipinski definition) is 3. The number of rotatable bonds is 12. The molecule has 0 saturated heterocycles. The van der Waals surface area contributed by atoms with Gasteiger partial charge in [-0.1, -0.05) is 0 Å². The van der Waals surface area contributed by atoms with Gasteiger partial charge in [0.15, 0.2) is 0 Å². The van der Waals surface area contributed by atoms with Crippen LogP contribution < -0.4 is 26.3 Å². The molecule has 7 nitrogen and oxygen atoms in total. The van der Waals surface area contributed by atoms with Gasteiger partial charge in [-0.15, -0.1) is 0 Å². The number of pyridine rings is 1. The third-order valence-electron chi connectivity index (χ3n) is 6.98. The summed E-state index contributed by atoms with van der Waals surface area (Å²) in [6.45, 7) is -3.21. The summed E-state index contributed by atoms with van der Waals surface area (Å²) in [5, 5.41) is 2.58. The maximum Gasteiger partial charge on any atom is 0.272 e. The van der Waals surface area contributed by atoms with Gasteiger partial charge in [-0.25, -0.2) is 26.9 Å². The Morgan fingerprint density at radius 3 is 2.47 bits per heavy atom. The summed E-state index contributed by atoms with van der Waals surface area (Å²) >= 11 is 0. The van der Waals surface area contributed by atoms with Crippen molar-refractivity contribution in [3.8, 4) is 22.8 Å². The molecule has 2 aromatic carbocycles. The van der Waals surface area contributed by atoms with E-state index in [0.29, 0.717) is 11.3 Å². The molecule has 0 fully saturated rings. The van der Waals surface area contributed by atoms with E-state index >= 15 is 0 Å². The fourth-order valence-electron chi connectivity index (χ4n) is 4.62. The molecule has 0 radical (unpaired) electrons. The maximum atomic E-state index is 14.4. The number of carbonyl (C=O) groups excluding carboxylic acids is 1. The Morgan fingerprint density at radius 2 is 1.86 bits per heavy atom. The second kappa shape index (κ2) is 13.3. The molecule has 2 heterocycles. The van der Waals surface area contributed by atoms with Gasteiger partial charge in [0.05, 0.1) is 17.8 Å². The molecule has 0 saturated carbocycles. The van der Waals surface area contributed by atoms with E-state index in [2.05, 4.69) is 10.3 Å². The number of alkyl halides is 5. The number of amides is 1. The molecule has 5 N–H and O–H groups in total. The zero-order chi connectivity index (χ0) is 31.3. The van der Waals surface area contributed by atoms with E-state index in [1.807, 2.05) is 0 Å². The second-order valence-corrected chi connectivity index (χ2v) is 10.2. The Labute approximate surface area is 243 Å². The van der Waals surface area contributed by atoms with Gasteiger partial charge in [-0.2, -0.15) is 0 Å². The van der Waals surface area contributed by atoms with Crippen molar-refractivity contribution in [1.29, 1.82) is 0 Å². The van der Waals surface area contributed by atoms with Gasteiger partial charge in [0.2, 0.25) is 0 Å². The molecular weight excluding hydrogens is 578 g/mol. The van der Waals surface area contributed by atoms with Gasteiger partial charge in [0, 0.05) is 46.1 Å². The van der Waals surface area contributed by atoms with Crippen molar-refractivity contribution >= 4 is 17.7 Å². The summed E-state index contributed by atoms with van der Waals surface area (Å²) in [5.74, 6) is -2.36. The Kier molecular flexibility index (Phi) is 9.72. The van der Waals surface area contributed by atoms with Crippen molar-refractivity contribution in [1.82, 2.24) is 10.3 Å². The molecule has 1 aliphatic heterocycles. The van der Waals surface area contributed by atoms with E-state index in [-0.39, 0.29) is 58.4 Å². The van der Waals surface area contributed by atoms with E-state index in [0.717, 1.165) is 0 Å². The third-order valence-corrected chi connectivity index (χ3v) is 6.98. The summed E-state index contributed by atoms with van der Waals surface area (Å²) in [5.41, 5.74) is 11.4. The molecule has 13 heteroatoms. The fraction of sp³-hybridized carbons (Fsp3) is 0.333. The summed E-state index contributed by atoms with van der Waals surface area (Å²) in [6.07, 6.45) is -1.36. The van der Waals surface area contributed by atoms with E-state index in [1.165, 1.54) is 48.5 Å². The molecule has 1 aliphatic rings. The van der Waals surface area contributed by atoms with Crippen LogP contribution in [0.2, 0.25) is 0 Å². The van der Waals surface area contributed by atoms with Crippen LogP contribution in [-0.4, -0.2) is 57.1 Å². The number of nitrogen functional groups attached to an aromatic ring is 1. The van der Waals surface area contributed by atoms with Crippen molar-refractivity contribution in [2.24, 2.45) is 5.73 Å². The normalized spacial score (nSPS) is 14.7. The third kappa shape index (κ3) is 6.81. The van der Waals surface area contributed by atoms with Crippen LogP contribution >= 0.6 is 0 Å². The smallest absolute Gasteiger partial charge is 0.272 e. The standard InChI is InChI=1S/C30H30F6N4O3/c1-16(37)6-18-7-19(8-24(26(18)38)42-12-25(35)36)29(41)39-11-20(10-31)23-9-22-28(43-15-30(22,13-32)14-33)27(40-23)17-2-4-21(34)5-3-17/h2-9,20,25H,10-15,37-38H2,1H3,(H,39,41)/b16-6-. The largest absolute Gasteiger partial charge is 0.490 e. The number of nitrogens with zero attached hydrogens (tertiary/aromatic N) is 1. The van der Waals surface area contributed by atoms with Crippen molar-refractivity contribution < 1.29 is 40.6 Å². The summed E-state index contributed by atoms with van der Waals surface area (Å²) < 4.78 is 92.6. The van der Waals surface area contributed by atoms with Gasteiger partial charge in [-0.3, -0.25) is 9.18 Å². The Balaban J connectivity index is 1.67. The topological polar surface area (TPSA) is 112 Å². The number of anilines is 1. The number of fused-ring (bicyclic) bond motifs is 1. The van der Waals surface area contributed by atoms with Gasteiger partial charge in [-0.05, 0) is 55.5 Å². The second-order valence-electron chi connectivity index (χ2n) is 10.2. The van der Waals surface area contributed by atoms with Crippen molar-refractivity contribution in [2.45, 2.75) is 24.7 Å². The molecule has 43 heavy (non-hydrogen) atoms. The van der Waals surface area contributed by atoms with Crippen molar-refractivity contribution in [2.75, 3.05) is 45.5 Å². The lowest BCUT2D eigenvalue weighted by molar-refractivity contribution is 0.0821. The highest BCUT2D eigenvalue weighted by atomic mass is 19.3. The average Bonchev–Trinajstić information content (AvgIpc) is 3.36. The predicted octanol–water partition coefficient (Wildman–Crippen LogP) is 5.49. The first kappa shape index (κ1) is 31.5. The van der Waals surface area contributed by atoms with Gasteiger partial charge < -0.3 is 26.3 Å². The number of halogens is 6. The molecule has 0 aliphatic carbocycles. The molecule has 230 valence electrons. The molecular formula is C30H30F6N4O3. The van der Waals surface area contributed by atoms with Crippen molar-refractivity contribution in [3.05, 3.63) is 76.4 Å². The van der Waals surface area contributed by atoms with E-state index in [4.69, 9.17) is 20.9 Å². The van der Waals surface area contributed by atoms with Crippen LogP contribution in [0.15, 0.2) is 48.2 Å².